The summed E-state index contributed by atoms with van der Waals surface area (Å²) < 4.78 is 10.4. The Balaban J connectivity index is 1.87. The highest BCUT2D eigenvalue weighted by Gasteiger charge is 2.32. The Labute approximate surface area is 109 Å². The largest absolute Gasteiger partial charge is 0.377 e. The van der Waals surface area contributed by atoms with Crippen LogP contribution in [0.1, 0.15) is 22.3 Å². The van der Waals surface area contributed by atoms with Gasteiger partial charge in [-0.3, -0.25) is 9.78 Å². The monoisotopic (exact) mass is 259 g/mol. The highest BCUT2D eigenvalue weighted by atomic mass is 16.5. The first-order valence-electron chi connectivity index (χ1n) is 5.83. The molecule has 0 unspecified atom stereocenters. The molecule has 3 heterocycles. The Kier molecular flexibility index (Phi) is 3.20. The predicted octanol–water partition coefficient (Wildman–Crippen LogP) is 0.478. The van der Waals surface area contributed by atoms with Gasteiger partial charge in [0.15, 0.2) is 6.33 Å². The summed E-state index contributed by atoms with van der Waals surface area (Å²) in [6.07, 6.45) is 5.44. The number of hydrogen-bond acceptors (Lipinski definition) is 6. The molecule has 2 aromatic rings. The maximum atomic E-state index is 12.4. The summed E-state index contributed by atoms with van der Waals surface area (Å²) in [7, 11) is 0. The lowest BCUT2D eigenvalue weighted by Gasteiger charge is -2.33. The molecular formula is C12H11N4O3. The van der Waals surface area contributed by atoms with Crippen molar-refractivity contribution in [3.05, 3.63) is 42.3 Å². The van der Waals surface area contributed by atoms with Crippen LogP contribution in [0.2, 0.25) is 0 Å². The quantitative estimate of drug-likeness (QED) is 0.780. The van der Waals surface area contributed by atoms with E-state index < -0.39 is 0 Å². The van der Waals surface area contributed by atoms with Gasteiger partial charge in [-0.2, -0.15) is 4.98 Å². The number of carbonyl (C=O) groups is 1. The SMILES string of the molecule is O=C(c1cc[c]nc1)N1CCOC[C@H]1c1ncno1. The molecule has 0 aromatic carbocycles. The summed E-state index contributed by atoms with van der Waals surface area (Å²) >= 11 is 0. The van der Waals surface area contributed by atoms with Crippen LogP contribution in [0.3, 0.4) is 0 Å². The number of rotatable bonds is 2. The number of ether oxygens (including phenoxy) is 1. The molecule has 97 valence electrons. The van der Waals surface area contributed by atoms with Gasteiger partial charge >= 0.3 is 0 Å². The molecule has 0 saturated carbocycles. The van der Waals surface area contributed by atoms with E-state index >= 15 is 0 Å². The minimum Gasteiger partial charge on any atom is -0.377 e. The van der Waals surface area contributed by atoms with Gasteiger partial charge in [-0.05, 0) is 12.1 Å². The van der Waals surface area contributed by atoms with E-state index in [4.69, 9.17) is 9.26 Å². The van der Waals surface area contributed by atoms with Crippen LogP contribution < -0.4 is 0 Å². The Morgan fingerprint density at radius 3 is 3.21 bits per heavy atom. The normalized spacial score (nSPS) is 19.4. The first kappa shape index (κ1) is 11.8. The number of aromatic nitrogens is 3. The second-order valence-electron chi connectivity index (χ2n) is 4.04. The zero-order chi connectivity index (χ0) is 13.1. The van der Waals surface area contributed by atoms with Crippen molar-refractivity contribution in [1.29, 1.82) is 0 Å². The second kappa shape index (κ2) is 5.15. The first-order chi connectivity index (χ1) is 9.36. The van der Waals surface area contributed by atoms with Crippen molar-refractivity contribution in [3.8, 4) is 0 Å². The molecule has 3 rings (SSSR count). The van der Waals surface area contributed by atoms with Gasteiger partial charge in [0.2, 0.25) is 0 Å². The Morgan fingerprint density at radius 2 is 2.47 bits per heavy atom. The Bertz CT molecular complexity index is 543. The third kappa shape index (κ3) is 2.32. The maximum Gasteiger partial charge on any atom is 0.256 e. The van der Waals surface area contributed by atoms with Gasteiger partial charge in [0.05, 0.1) is 25.0 Å². The van der Waals surface area contributed by atoms with Crippen molar-refractivity contribution < 1.29 is 14.1 Å². The highest BCUT2D eigenvalue weighted by molar-refractivity contribution is 5.94. The number of amides is 1. The predicted molar refractivity (Wildman–Crippen MR) is 62.0 cm³/mol. The Hall–Kier alpha value is -2.28. The maximum absolute atomic E-state index is 12.4. The fourth-order valence-electron chi connectivity index (χ4n) is 1.99. The molecule has 7 heteroatoms. The molecule has 1 amide bonds. The minimum absolute atomic E-state index is 0.131. The molecule has 0 spiro atoms. The molecule has 0 N–H and O–H groups in total. The summed E-state index contributed by atoms with van der Waals surface area (Å²) in [5, 5.41) is 3.57. The van der Waals surface area contributed by atoms with E-state index in [1.165, 1.54) is 12.5 Å². The molecule has 2 aromatic heterocycles. The van der Waals surface area contributed by atoms with E-state index in [1.807, 2.05) is 0 Å². The van der Waals surface area contributed by atoms with Gasteiger partial charge in [0, 0.05) is 12.7 Å². The zero-order valence-corrected chi connectivity index (χ0v) is 10.0. The van der Waals surface area contributed by atoms with Crippen LogP contribution in [0.5, 0.6) is 0 Å². The van der Waals surface area contributed by atoms with E-state index in [0.717, 1.165) is 0 Å². The number of hydrogen-bond donors (Lipinski definition) is 0. The van der Waals surface area contributed by atoms with Crippen LogP contribution in [0, 0.1) is 6.20 Å². The summed E-state index contributed by atoms with van der Waals surface area (Å²) in [5.74, 6) is 0.247. The van der Waals surface area contributed by atoms with Crippen molar-refractivity contribution in [2.75, 3.05) is 19.8 Å². The van der Waals surface area contributed by atoms with Crippen molar-refractivity contribution in [3.63, 3.8) is 0 Å². The number of nitrogens with zero attached hydrogens (tertiary/aromatic N) is 4. The summed E-state index contributed by atoms with van der Waals surface area (Å²) in [6.45, 7) is 1.31. The average Bonchev–Trinajstić information content (AvgIpc) is 3.01. The summed E-state index contributed by atoms with van der Waals surface area (Å²) in [5.41, 5.74) is 0.505. The molecule has 1 fully saturated rings. The lowest BCUT2D eigenvalue weighted by atomic mass is 10.1. The molecule has 1 aliphatic heterocycles. The van der Waals surface area contributed by atoms with Crippen molar-refractivity contribution in [1.82, 2.24) is 20.0 Å². The fourth-order valence-corrected chi connectivity index (χ4v) is 1.99. The molecule has 1 aliphatic rings. The third-order valence-corrected chi connectivity index (χ3v) is 2.92. The van der Waals surface area contributed by atoms with Gasteiger partial charge in [-0.1, -0.05) is 5.16 Å². The van der Waals surface area contributed by atoms with Gasteiger partial charge < -0.3 is 14.2 Å². The third-order valence-electron chi connectivity index (χ3n) is 2.92. The van der Waals surface area contributed by atoms with Crippen molar-refractivity contribution in [2.24, 2.45) is 0 Å². The lowest BCUT2D eigenvalue weighted by molar-refractivity contribution is -0.0119. The summed E-state index contributed by atoms with van der Waals surface area (Å²) in [4.78, 5) is 21.9. The molecule has 0 bridgehead atoms. The molecule has 1 radical (unpaired) electrons. The van der Waals surface area contributed by atoms with E-state index in [0.29, 0.717) is 31.2 Å². The number of pyridine rings is 1. The number of carbonyl (C=O) groups excluding carboxylic acids is 1. The molecule has 1 atom stereocenters. The average molecular weight is 259 g/mol. The Morgan fingerprint density at radius 1 is 1.53 bits per heavy atom. The second-order valence-corrected chi connectivity index (χ2v) is 4.04. The fraction of sp³-hybridized carbons (Fsp3) is 0.333. The van der Waals surface area contributed by atoms with Crippen LogP contribution in [0.25, 0.3) is 0 Å². The van der Waals surface area contributed by atoms with Gasteiger partial charge in [0.25, 0.3) is 11.8 Å². The molecule has 7 nitrogen and oxygen atoms in total. The van der Waals surface area contributed by atoms with Gasteiger partial charge in [-0.25, -0.2) is 0 Å². The van der Waals surface area contributed by atoms with Crippen LogP contribution in [0.15, 0.2) is 29.2 Å². The van der Waals surface area contributed by atoms with Crippen LogP contribution in [-0.2, 0) is 4.74 Å². The lowest BCUT2D eigenvalue weighted by Crippen LogP contribution is -2.43. The van der Waals surface area contributed by atoms with E-state index in [1.54, 1.807) is 17.0 Å². The van der Waals surface area contributed by atoms with E-state index in [-0.39, 0.29) is 11.9 Å². The minimum atomic E-state index is -0.354. The van der Waals surface area contributed by atoms with Crippen molar-refractivity contribution in [2.45, 2.75) is 6.04 Å². The zero-order valence-electron chi connectivity index (χ0n) is 10.0. The molecular weight excluding hydrogens is 248 g/mol. The van der Waals surface area contributed by atoms with E-state index in [9.17, 15) is 4.79 Å². The standard InChI is InChI=1S/C12H11N4O3/c17-12(9-2-1-3-13-6-9)16-4-5-18-7-10(16)11-14-8-15-19-11/h1-2,6,8,10H,4-5,7H2/t10-/m0/s1. The molecule has 19 heavy (non-hydrogen) atoms. The first-order valence-corrected chi connectivity index (χ1v) is 5.83. The number of morpholine rings is 1. The summed E-state index contributed by atoms with van der Waals surface area (Å²) in [6, 6.07) is 2.93. The van der Waals surface area contributed by atoms with Crippen LogP contribution >= 0.6 is 0 Å². The van der Waals surface area contributed by atoms with E-state index in [2.05, 4.69) is 21.3 Å². The highest BCUT2D eigenvalue weighted by Crippen LogP contribution is 2.23. The van der Waals surface area contributed by atoms with Crippen LogP contribution in [0.4, 0.5) is 0 Å². The topological polar surface area (TPSA) is 81.4 Å². The van der Waals surface area contributed by atoms with Gasteiger partial charge in [-0.15, -0.1) is 0 Å². The molecule has 0 aliphatic carbocycles. The van der Waals surface area contributed by atoms with Crippen molar-refractivity contribution >= 4 is 5.91 Å². The molecule has 1 saturated heterocycles. The van der Waals surface area contributed by atoms with Crippen LogP contribution in [-0.4, -0.2) is 45.7 Å². The van der Waals surface area contributed by atoms with Gasteiger partial charge in [0.1, 0.15) is 6.04 Å². The smallest absolute Gasteiger partial charge is 0.256 e.